The van der Waals surface area contributed by atoms with Crippen molar-refractivity contribution in [1.82, 2.24) is 0 Å². The predicted octanol–water partition coefficient (Wildman–Crippen LogP) is 4.42. The second-order valence-corrected chi connectivity index (χ2v) is 4.23. The number of hydrogen-bond acceptors (Lipinski definition) is 1. The molecule has 0 heterocycles. The molecule has 0 saturated heterocycles. The van der Waals surface area contributed by atoms with E-state index in [-0.39, 0.29) is 17.3 Å². The second kappa shape index (κ2) is 4.90. The van der Waals surface area contributed by atoms with Crippen LogP contribution in [0.2, 0.25) is 0 Å². The highest BCUT2D eigenvalue weighted by atomic mass is 19.4. The molecule has 1 nitrogen and oxygen atoms in total. The van der Waals surface area contributed by atoms with Gasteiger partial charge < -0.3 is 0 Å². The largest absolute Gasteiger partial charge is 0.416 e. The number of rotatable bonds is 3. The third-order valence-corrected chi connectivity index (χ3v) is 2.62. The van der Waals surface area contributed by atoms with E-state index in [0.29, 0.717) is 12.0 Å². The van der Waals surface area contributed by atoms with E-state index in [9.17, 15) is 18.0 Å². The quantitative estimate of drug-likeness (QED) is 0.719. The molecule has 0 saturated carbocycles. The lowest BCUT2D eigenvalue weighted by atomic mass is 9.93. The summed E-state index contributed by atoms with van der Waals surface area (Å²) >= 11 is 0. The van der Waals surface area contributed by atoms with Gasteiger partial charge in [-0.3, -0.25) is 4.79 Å². The van der Waals surface area contributed by atoms with E-state index in [0.717, 1.165) is 6.07 Å². The maximum absolute atomic E-state index is 12.7. The summed E-state index contributed by atoms with van der Waals surface area (Å²) in [5.74, 6) is -0.406. The zero-order valence-corrected chi connectivity index (χ0v) is 10.1. The summed E-state index contributed by atoms with van der Waals surface area (Å²) in [6.07, 6.45) is -4.07. The third-order valence-electron chi connectivity index (χ3n) is 2.62. The Morgan fingerprint density at radius 3 is 2.29 bits per heavy atom. The highest BCUT2D eigenvalue weighted by molar-refractivity contribution is 5.96. The fraction of sp³-hybridized carbons (Fsp3) is 0.462. The van der Waals surface area contributed by atoms with Crippen molar-refractivity contribution in [2.75, 3.05) is 0 Å². The van der Waals surface area contributed by atoms with Crippen LogP contribution in [-0.4, -0.2) is 5.78 Å². The van der Waals surface area contributed by atoms with Crippen molar-refractivity contribution in [2.45, 2.75) is 39.3 Å². The third kappa shape index (κ3) is 3.08. The highest BCUT2D eigenvalue weighted by Gasteiger charge is 2.34. The van der Waals surface area contributed by atoms with Crippen molar-refractivity contribution in [1.29, 1.82) is 0 Å². The number of hydrogen-bond donors (Lipinski definition) is 0. The first-order valence-corrected chi connectivity index (χ1v) is 5.51. The molecule has 1 aromatic carbocycles. The lowest BCUT2D eigenvalue weighted by molar-refractivity contribution is -0.138. The van der Waals surface area contributed by atoms with Gasteiger partial charge in [0.25, 0.3) is 0 Å². The molecule has 1 rings (SSSR count). The molecule has 0 aromatic heterocycles. The summed E-state index contributed by atoms with van der Waals surface area (Å²) in [5.41, 5.74) is -0.124. The van der Waals surface area contributed by atoms with Crippen LogP contribution in [0.15, 0.2) is 18.2 Å². The lowest BCUT2D eigenvalue weighted by Gasteiger charge is -2.16. The van der Waals surface area contributed by atoms with E-state index < -0.39 is 11.7 Å². The van der Waals surface area contributed by atoms with Gasteiger partial charge in [-0.05, 0) is 23.6 Å². The van der Waals surface area contributed by atoms with E-state index in [2.05, 4.69) is 0 Å². The minimum Gasteiger partial charge on any atom is -0.294 e. The molecule has 0 amide bonds. The van der Waals surface area contributed by atoms with Crippen molar-refractivity contribution < 1.29 is 18.0 Å². The molecule has 0 spiro atoms. The van der Waals surface area contributed by atoms with Crippen LogP contribution in [0.4, 0.5) is 13.2 Å². The van der Waals surface area contributed by atoms with Gasteiger partial charge in [0.15, 0.2) is 5.78 Å². The van der Waals surface area contributed by atoms with E-state index in [1.807, 2.05) is 0 Å². The summed E-state index contributed by atoms with van der Waals surface area (Å²) < 4.78 is 38.2. The molecule has 0 aliphatic heterocycles. The molecule has 0 radical (unpaired) electrons. The van der Waals surface area contributed by atoms with E-state index >= 15 is 0 Å². The number of ketones is 1. The summed E-state index contributed by atoms with van der Waals surface area (Å²) in [7, 11) is 0. The van der Waals surface area contributed by atoms with Gasteiger partial charge in [0.05, 0.1) is 5.56 Å². The van der Waals surface area contributed by atoms with Crippen LogP contribution >= 0.6 is 0 Å². The van der Waals surface area contributed by atoms with Gasteiger partial charge in [0, 0.05) is 12.0 Å². The predicted molar refractivity (Wildman–Crippen MR) is 60.2 cm³/mol. The smallest absolute Gasteiger partial charge is 0.294 e. The molecule has 0 unspecified atom stereocenters. The SMILES string of the molecule is CCC(=O)c1ccc(C(F)(F)F)c(C(C)C)c1. The molecule has 0 atom stereocenters. The number of carbonyl (C=O) groups excluding carboxylic acids is 1. The Morgan fingerprint density at radius 1 is 1.29 bits per heavy atom. The topological polar surface area (TPSA) is 17.1 Å². The molecular formula is C13H15F3O. The normalized spacial score (nSPS) is 11.9. The number of Topliss-reactive ketones (excluding diaryl/α,β-unsaturated/α-hetero) is 1. The van der Waals surface area contributed by atoms with Crippen LogP contribution in [0.5, 0.6) is 0 Å². The van der Waals surface area contributed by atoms with Crippen LogP contribution in [0.25, 0.3) is 0 Å². The second-order valence-electron chi connectivity index (χ2n) is 4.23. The van der Waals surface area contributed by atoms with Crippen LogP contribution in [0.1, 0.15) is 54.6 Å². The maximum Gasteiger partial charge on any atom is 0.416 e. The van der Waals surface area contributed by atoms with Crippen molar-refractivity contribution >= 4 is 5.78 Å². The first-order valence-electron chi connectivity index (χ1n) is 5.51. The zero-order valence-electron chi connectivity index (χ0n) is 10.1. The van der Waals surface area contributed by atoms with Crippen LogP contribution < -0.4 is 0 Å². The zero-order chi connectivity index (χ0) is 13.2. The molecular weight excluding hydrogens is 229 g/mol. The van der Waals surface area contributed by atoms with Crippen molar-refractivity contribution in [3.05, 3.63) is 34.9 Å². The van der Waals surface area contributed by atoms with Crippen LogP contribution in [-0.2, 0) is 6.18 Å². The fourth-order valence-corrected chi connectivity index (χ4v) is 1.68. The first-order chi connectivity index (χ1) is 7.77. The Morgan fingerprint density at radius 2 is 1.88 bits per heavy atom. The number of benzene rings is 1. The van der Waals surface area contributed by atoms with Gasteiger partial charge in [0.1, 0.15) is 0 Å². The minimum atomic E-state index is -4.37. The molecule has 0 aliphatic carbocycles. The molecule has 0 fully saturated rings. The summed E-state index contributed by atoms with van der Waals surface area (Å²) in [6, 6.07) is 3.61. The Balaban J connectivity index is 3.32. The van der Waals surface area contributed by atoms with Crippen molar-refractivity contribution in [2.24, 2.45) is 0 Å². The van der Waals surface area contributed by atoms with Gasteiger partial charge in [-0.15, -0.1) is 0 Å². The molecule has 94 valence electrons. The first kappa shape index (κ1) is 13.7. The minimum absolute atomic E-state index is 0.138. The van der Waals surface area contributed by atoms with Gasteiger partial charge in [-0.1, -0.05) is 26.8 Å². The lowest BCUT2D eigenvalue weighted by Crippen LogP contribution is -2.11. The monoisotopic (exact) mass is 244 g/mol. The average Bonchev–Trinajstić information content (AvgIpc) is 2.25. The summed E-state index contributed by atoms with van der Waals surface area (Å²) in [5, 5.41) is 0. The van der Waals surface area contributed by atoms with E-state index in [4.69, 9.17) is 0 Å². The van der Waals surface area contributed by atoms with Gasteiger partial charge in [-0.2, -0.15) is 13.2 Å². The summed E-state index contributed by atoms with van der Waals surface area (Å²) in [4.78, 5) is 11.5. The van der Waals surface area contributed by atoms with Crippen molar-refractivity contribution in [3.63, 3.8) is 0 Å². The van der Waals surface area contributed by atoms with Crippen molar-refractivity contribution in [3.8, 4) is 0 Å². The van der Waals surface area contributed by atoms with Gasteiger partial charge in [-0.25, -0.2) is 0 Å². The standard InChI is InChI=1S/C13H15F3O/c1-4-12(17)9-5-6-11(13(14,15)16)10(7-9)8(2)3/h5-8H,4H2,1-3H3. The molecule has 17 heavy (non-hydrogen) atoms. The molecule has 0 bridgehead atoms. The van der Waals surface area contributed by atoms with Crippen LogP contribution in [0.3, 0.4) is 0 Å². The number of carbonyl (C=O) groups is 1. The Hall–Kier alpha value is -1.32. The number of alkyl halides is 3. The Bertz CT molecular complexity index is 419. The molecule has 0 aliphatic rings. The Kier molecular flexibility index (Phi) is 3.96. The van der Waals surface area contributed by atoms with Gasteiger partial charge >= 0.3 is 6.18 Å². The fourth-order valence-electron chi connectivity index (χ4n) is 1.68. The number of halogens is 3. The van der Waals surface area contributed by atoms with Crippen LogP contribution in [0, 0.1) is 0 Å². The van der Waals surface area contributed by atoms with E-state index in [1.165, 1.54) is 12.1 Å². The Labute approximate surface area is 98.6 Å². The average molecular weight is 244 g/mol. The maximum atomic E-state index is 12.7. The highest BCUT2D eigenvalue weighted by Crippen LogP contribution is 2.35. The van der Waals surface area contributed by atoms with E-state index in [1.54, 1.807) is 20.8 Å². The molecule has 0 N–H and O–H groups in total. The molecule has 4 heteroatoms. The van der Waals surface area contributed by atoms with Gasteiger partial charge in [0.2, 0.25) is 0 Å². The molecule has 1 aromatic rings. The summed E-state index contributed by atoms with van der Waals surface area (Å²) in [6.45, 7) is 5.06.